The zero-order valence-corrected chi connectivity index (χ0v) is 18.4. The summed E-state index contributed by atoms with van der Waals surface area (Å²) >= 11 is 0. The molecule has 2 amide bonds. The maximum Gasteiger partial charge on any atom is 0.416 e. The highest BCUT2D eigenvalue weighted by atomic mass is 19.4. The highest BCUT2D eigenvalue weighted by Crippen LogP contribution is 2.31. The number of amides is 2. The Morgan fingerprint density at radius 2 is 1.91 bits per heavy atom. The van der Waals surface area contributed by atoms with Crippen LogP contribution in [0, 0.1) is 6.92 Å². The van der Waals surface area contributed by atoms with Crippen molar-refractivity contribution in [2.24, 2.45) is 0 Å². The Balaban J connectivity index is 1.62. The van der Waals surface area contributed by atoms with Gasteiger partial charge in [0.2, 0.25) is 11.8 Å². The fourth-order valence-electron chi connectivity index (χ4n) is 4.13. The fraction of sp³-hybridized carbons (Fsp3) is 0.333. The predicted molar refractivity (Wildman–Crippen MR) is 119 cm³/mol. The summed E-state index contributed by atoms with van der Waals surface area (Å²) in [5, 5.41) is 3.08. The Kier molecular flexibility index (Phi) is 6.41. The molecule has 1 aliphatic rings. The number of hydrogen-bond donors (Lipinski definition) is 1. The van der Waals surface area contributed by atoms with Crippen LogP contribution in [-0.2, 0) is 22.3 Å². The smallest absolute Gasteiger partial charge is 0.346 e. The van der Waals surface area contributed by atoms with E-state index in [4.69, 9.17) is 0 Å². The maximum atomic E-state index is 13.3. The van der Waals surface area contributed by atoms with Crippen LogP contribution in [0.15, 0.2) is 53.3 Å². The zero-order chi connectivity index (χ0) is 24.5. The van der Waals surface area contributed by atoms with E-state index in [-0.39, 0.29) is 30.1 Å². The van der Waals surface area contributed by atoms with Crippen LogP contribution in [0.1, 0.15) is 35.8 Å². The number of para-hydroxylation sites is 1. The summed E-state index contributed by atoms with van der Waals surface area (Å²) in [4.78, 5) is 43.9. The van der Waals surface area contributed by atoms with E-state index in [1.54, 1.807) is 31.2 Å². The van der Waals surface area contributed by atoms with Crippen molar-refractivity contribution in [3.63, 3.8) is 0 Å². The number of hydrogen-bond acceptors (Lipinski definition) is 4. The van der Waals surface area contributed by atoms with Gasteiger partial charge in [-0.25, -0.2) is 4.98 Å². The Labute approximate surface area is 193 Å². The molecule has 1 fully saturated rings. The minimum atomic E-state index is -4.55. The predicted octanol–water partition coefficient (Wildman–Crippen LogP) is 3.20. The van der Waals surface area contributed by atoms with Crippen LogP contribution in [0.4, 0.5) is 13.2 Å². The van der Waals surface area contributed by atoms with Crippen LogP contribution in [0.25, 0.3) is 10.9 Å². The molecule has 34 heavy (non-hydrogen) atoms. The molecule has 1 unspecified atom stereocenters. The van der Waals surface area contributed by atoms with Crippen LogP contribution in [0.2, 0.25) is 0 Å². The van der Waals surface area contributed by atoms with Gasteiger partial charge in [-0.05, 0) is 43.2 Å². The van der Waals surface area contributed by atoms with Crippen LogP contribution in [0.5, 0.6) is 0 Å². The van der Waals surface area contributed by atoms with Gasteiger partial charge in [-0.2, -0.15) is 13.2 Å². The highest BCUT2D eigenvalue weighted by Gasteiger charge is 2.32. The molecular weight excluding hydrogens is 449 g/mol. The quantitative estimate of drug-likeness (QED) is 0.597. The van der Waals surface area contributed by atoms with Crippen molar-refractivity contribution < 1.29 is 22.8 Å². The topological polar surface area (TPSA) is 84.3 Å². The van der Waals surface area contributed by atoms with Gasteiger partial charge in [0.15, 0.2) is 0 Å². The third kappa shape index (κ3) is 4.95. The van der Waals surface area contributed by atoms with Crippen molar-refractivity contribution in [1.29, 1.82) is 0 Å². The number of aromatic nitrogens is 2. The van der Waals surface area contributed by atoms with Crippen molar-refractivity contribution >= 4 is 22.7 Å². The van der Waals surface area contributed by atoms with Gasteiger partial charge in [0.05, 0.1) is 22.5 Å². The van der Waals surface area contributed by atoms with E-state index in [9.17, 15) is 27.6 Å². The Morgan fingerprint density at radius 1 is 1.15 bits per heavy atom. The number of carbonyl (C=O) groups is 2. The van der Waals surface area contributed by atoms with Crippen molar-refractivity contribution in [3.8, 4) is 0 Å². The summed E-state index contributed by atoms with van der Waals surface area (Å²) in [6.07, 6.45) is -3.53. The molecule has 4 rings (SSSR count). The second-order valence-electron chi connectivity index (χ2n) is 8.25. The van der Waals surface area contributed by atoms with Gasteiger partial charge in [-0.15, -0.1) is 0 Å². The molecule has 0 spiro atoms. The summed E-state index contributed by atoms with van der Waals surface area (Å²) in [6.45, 7) is 1.76. The molecule has 1 aromatic heterocycles. The standard InChI is InChI=1S/C24H23F3N4O3/c1-15-28-19-9-3-2-8-18(19)23(34)31(15)14-21(32)29-20(13-30-11-5-10-22(30)33)16-6-4-7-17(12-16)24(25,26)27/h2-4,6-9,12,20H,5,10-11,13-14H2,1H3,(H,29,32). The molecule has 3 aromatic rings. The molecule has 0 aliphatic carbocycles. The lowest BCUT2D eigenvalue weighted by Gasteiger charge is -2.26. The third-order valence-electron chi connectivity index (χ3n) is 5.88. The Bertz CT molecular complexity index is 1300. The number of nitrogens with one attached hydrogen (secondary N) is 1. The van der Waals surface area contributed by atoms with E-state index in [2.05, 4.69) is 10.3 Å². The minimum Gasteiger partial charge on any atom is -0.346 e. The fourth-order valence-corrected chi connectivity index (χ4v) is 4.13. The normalized spacial score (nSPS) is 15.1. The zero-order valence-electron chi connectivity index (χ0n) is 18.4. The van der Waals surface area contributed by atoms with Crippen LogP contribution < -0.4 is 10.9 Å². The van der Waals surface area contributed by atoms with Crippen molar-refractivity contribution in [1.82, 2.24) is 19.8 Å². The summed E-state index contributed by atoms with van der Waals surface area (Å²) in [5.41, 5.74) is -0.494. The van der Waals surface area contributed by atoms with Crippen LogP contribution in [-0.4, -0.2) is 39.4 Å². The van der Waals surface area contributed by atoms with Gasteiger partial charge < -0.3 is 10.2 Å². The SMILES string of the molecule is Cc1nc2ccccc2c(=O)n1CC(=O)NC(CN1CCCC1=O)c1cccc(C(F)(F)F)c1. The Morgan fingerprint density at radius 3 is 2.62 bits per heavy atom. The van der Waals surface area contributed by atoms with E-state index in [1.807, 2.05) is 0 Å². The first kappa shape index (κ1) is 23.5. The van der Waals surface area contributed by atoms with E-state index in [0.29, 0.717) is 36.1 Å². The molecule has 1 aliphatic heterocycles. The number of aryl methyl sites for hydroxylation is 1. The first-order valence-corrected chi connectivity index (χ1v) is 10.8. The van der Waals surface area contributed by atoms with Crippen molar-refractivity contribution in [2.45, 2.75) is 38.5 Å². The number of halogens is 3. The van der Waals surface area contributed by atoms with Gasteiger partial charge >= 0.3 is 6.18 Å². The average Bonchev–Trinajstić information content (AvgIpc) is 3.20. The summed E-state index contributed by atoms with van der Waals surface area (Å²) in [7, 11) is 0. The van der Waals surface area contributed by atoms with Crippen LogP contribution >= 0.6 is 0 Å². The van der Waals surface area contributed by atoms with Gasteiger partial charge in [-0.3, -0.25) is 19.0 Å². The summed E-state index contributed by atoms with van der Waals surface area (Å²) in [5.74, 6) is -0.349. The number of rotatable bonds is 6. The largest absolute Gasteiger partial charge is 0.416 e. The molecule has 1 atom stereocenters. The number of fused-ring (bicyclic) bond motifs is 1. The monoisotopic (exact) mass is 472 g/mol. The molecule has 0 radical (unpaired) electrons. The molecule has 0 bridgehead atoms. The Hall–Kier alpha value is -3.69. The molecule has 178 valence electrons. The van der Waals surface area contributed by atoms with Gasteiger partial charge in [0.1, 0.15) is 12.4 Å². The van der Waals surface area contributed by atoms with Gasteiger partial charge in [0, 0.05) is 19.5 Å². The maximum absolute atomic E-state index is 13.3. The minimum absolute atomic E-state index is 0.0374. The molecule has 2 aromatic carbocycles. The van der Waals surface area contributed by atoms with E-state index >= 15 is 0 Å². The molecule has 1 N–H and O–H groups in total. The third-order valence-corrected chi connectivity index (χ3v) is 5.88. The molecule has 10 heteroatoms. The summed E-state index contributed by atoms with van der Waals surface area (Å²) < 4.78 is 41.0. The van der Waals surface area contributed by atoms with E-state index in [0.717, 1.165) is 12.1 Å². The van der Waals surface area contributed by atoms with E-state index < -0.39 is 23.7 Å². The first-order valence-electron chi connectivity index (χ1n) is 10.8. The molecule has 2 heterocycles. The highest BCUT2D eigenvalue weighted by molar-refractivity contribution is 5.80. The lowest BCUT2D eigenvalue weighted by molar-refractivity contribution is -0.137. The van der Waals surface area contributed by atoms with Gasteiger partial charge in [-0.1, -0.05) is 24.3 Å². The lowest BCUT2D eigenvalue weighted by Crippen LogP contribution is -2.41. The van der Waals surface area contributed by atoms with E-state index in [1.165, 1.54) is 21.6 Å². The lowest BCUT2D eigenvalue weighted by atomic mass is 10.0. The molecule has 7 nitrogen and oxygen atoms in total. The molecule has 1 saturated heterocycles. The summed E-state index contributed by atoms with van der Waals surface area (Å²) in [6, 6.07) is 10.6. The number of benzene rings is 2. The average molecular weight is 472 g/mol. The number of likely N-dealkylation sites (tertiary alicyclic amines) is 1. The second kappa shape index (κ2) is 9.28. The van der Waals surface area contributed by atoms with Gasteiger partial charge in [0.25, 0.3) is 5.56 Å². The number of carbonyl (C=O) groups excluding carboxylic acids is 2. The van der Waals surface area contributed by atoms with Crippen molar-refractivity contribution in [2.75, 3.05) is 13.1 Å². The first-order chi connectivity index (χ1) is 16.1. The molecule has 0 saturated carbocycles. The number of nitrogens with zero attached hydrogens (tertiary/aromatic N) is 3. The van der Waals surface area contributed by atoms with Crippen molar-refractivity contribution in [3.05, 3.63) is 75.8 Å². The number of alkyl halides is 3. The second-order valence-corrected chi connectivity index (χ2v) is 8.25. The van der Waals surface area contributed by atoms with Crippen LogP contribution in [0.3, 0.4) is 0 Å². The molecular formula is C24H23F3N4O3.